The van der Waals surface area contributed by atoms with E-state index in [-0.39, 0.29) is 18.6 Å². The average molecular weight is 305 g/mol. The number of hydrogen-bond donors (Lipinski definition) is 2. The highest BCUT2D eigenvalue weighted by molar-refractivity contribution is 5.93. The summed E-state index contributed by atoms with van der Waals surface area (Å²) >= 11 is 0. The number of anilines is 1. The number of rotatable bonds is 6. The van der Waals surface area contributed by atoms with E-state index in [9.17, 15) is 9.90 Å². The van der Waals surface area contributed by atoms with Gasteiger partial charge in [0.1, 0.15) is 5.82 Å². The Kier molecular flexibility index (Phi) is 6.19. The first kappa shape index (κ1) is 16.7. The lowest BCUT2D eigenvalue weighted by atomic mass is 9.83. The molecule has 5 heteroatoms. The number of nitrogens with one attached hydrogen (secondary N) is 1. The number of nitrogens with zero attached hydrogens (tertiary/aromatic N) is 2. The van der Waals surface area contributed by atoms with Crippen LogP contribution in [0.3, 0.4) is 0 Å². The van der Waals surface area contributed by atoms with E-state index in [1.807, 2.05) is 6.07 Å². The minimum Gasteiger partial charge on any atom is -0.396 e. The van der Waals surface area contributed by atoms with E-state index in [0.717, 1.165) is 12.2 Å². The summed E-state index contributed by atoms with van der Waals surface area (Å²) in [6.45, 7) is 0.186. The Bertz CT molecular complexity index is 467. The van der Waals surface area contributed by atoms with Gasteiger partial charge in [-0.1, -0.05) is 19.3 Å². The van der Waals surface area contributed by atoms with Crippen molar-refractivity contribution < 1.29 is 9.90 Å². The van der Waals surface area contributed by atoms with Crippen molar-refractivity contribution in [3.05, 3.63) is 23.9 Å². The first-order chi connectivity index (χ1) is 10.6. The molecule has 0 aliphatic heterocycles. The van der Waals surface area contributed by atoms with Gasteiger partial charge in [0.25, 0.3) is 5.91 Å². The molecule has 5 nitrogen and oxygen atoms in total. The van der Waals surface area contributed by atoms with E-state index in [4.69, 9.17) is 0 Å². The third-order valence-electron chi connectivity index (χ3n) is 4.41. The molecule has 0 radical (unpaired) electrons. The van der Waals surface area contributed by atoms with Crippen LogP contribution in [0.15, 0.2) is 18.3 Å². The number of aliphatic hydroxyl groups excluding tert-OH is 1. The number of aliphatic hydroxyl groups is 1. The predicted octanol–water partition coefficient (Wildman–Crippen LogP) is 2.53. The molecule has 1 aliphatic rings. The van der Waals surface area contributed by atoms with Crippen LogP contribution in [0.25, 0.3) is 0 Å². The standard InChI is InChI=1S/C17H27N3O2/c1-20(2)17(22)14-8-9-16(18-12-14)19-15(10-11-21)13-6-4-3-5-7-13/h8-9,12-13,15,21H,3-7,10-11H2,1-2H3,(H,18,19)/t15-/m1/s1. The molecule has 122 valence electrons. The largest absolute Gasteiger partial charge is 0.396 e. The topological polar surface area (TPSA) is 65.5 Å². The first-order valence-corrected chi connectivity index (χ1v) is 8.17. The fourth-order valence-corrected chi connectivity index (χ4v) is 3.16. The molecule has 0 bridgehead atoms. The van der Waals surface area contributed by atoms with Crippen LogP contribution in [0, 0.1) is 5.92 Å². The minimum absolute atomic E-state index is 0.0433. The van der Waals surface area contributed by atoms with Crippen molar-refractivity contribution >= 4 is 11.7 Å². The Morgan fingerprint density at radius 3 is 2.64 bits per heavy atom. The van der Waals surface area contributed by atoms with Gasteiger partial charge >= 0.3 is 0 Å². The molecule has 0 saturated heterocycles. The van der Waals surface area contributed by atoms with Gasteiger partial charge in [0.2, 0.25) is 0 Å². The van der Waals surface area contributed by atoms with Crippen LogP contribution in [0.5, 0.6) is 0 Å². The SMILES string of the molecule is CN(C)C(=O)c1ccc(N[C@H](CCO)C2CCCCC2)nc1. The summed E-state index contributed by atoms with van der Waals surface area (Å²) in [5, 5.41) is 12.8. The molecular formula is C17H27N3O2. The van der Waals surface area contributed by atoms with Crippen LogP contribution < -0.4 is 5.32 Å². The molecule has 1 aliphatic carbocycles. The maximum absolute atomic E-state index is 11.9. The molecular weight excluding hydrogens is 278 g/mol. The fraction of sp³-hybridized carbons (Fsp3) is 0.647. The van der Waals surface area contributed by atoms with Crippen molar-refractivity contribution in [1.29, 1.82) is 0 Å². The molecule has 1 atom stereocenters. The summed E-state index contributed by atoms with van der Waals surface area (Å²) < 4.78 is 0. The molecule has 1 amide bonds. The molecule has 0 aromatic carbocycles. The molecule has 1 saturated carbocycles. The summed E-state index contributed by atoms with van der Waals surface area (Å²) in [5.41, 5.74) is 0.590. The summed E-state index contributed by atoms with van der Waals surface area (Å²) in [6, 6.07) is 3.91. The fourth-order valence-electron chi connectivity index (χ4n) is 3.16. The van der Waals surface area contributed by atoms with Gasteiger partial charge in [-0.3, -0.25) is 4.79 Å². The molecule has 0 spiro atoms. The first-order valence-electron chi connectivity index (χ1n) is 8.17. The number of hydrogen-bond acceptors (Lipinski definition) is 4. The Morgan fingerprint density at radius 1 is 1.36 bits per heavy atom. The highest BCUT2D eigenvalue weighted by atomic mass is 16.3. The molecule has 1 heterocycles. The van der Waals surface area contributed by atoms with Crippen molar-refractivity contribution in [2.24, 2.45) is 5.92 Å². The van der Waals surface area contributed by atoms with Gasteiger partial charge in [0.15, 0.2) is 0 Å². The van der Waals surface area contributed by atoms with Crippen LogP contribution >= 0.6 is 0 Å². The average Bonchev–Trinajstić information content (AvgIpc) is 2.55. The molecule has 0 unspecified atom stereocenters. The number of pyridine rings is 1. The van der Waals surface area contributed by atoms with Gasteiger partial charge in [-0.15, -0.1) is 0 Å². The van der Waals surface area contributed by atoms with Crippen molar-refractivity contribution in [1.82, 2.24) is 9.88 Å². The molecule has 22 heavy (non-hydrogen) atoms. The Balaban J connectivity index is 2.01. The van der Waals surface area contributed by atoms with Gasteiger partial charge in [-0.05, 0) is 37.3 Å². The lowest BCUT2D eigenvalue weighted by Gasteiger charge is -2.31. The van der Waals surface area contributed by atoms with Gasteiger partial charge in [0, 0.05) is 32.9 Å². The molecule has 1 fully saturated rings. The highest BCUT2D eigenvalue weighted by Gasteiger charge is 2.23. The van der Waals surface area contributed by atoms with E-state index < -0.39 is 0 Å². The number of carbonyl (C=O) groups excluding carboxylic acids is 1. The second-order valence-electron chi connectivity index (χ2n) is 6.29. The quantitative estimate of drug-likeness (QED) is 0.847. The van der Waals surface area contributed by atoms with E-state index in [1.165, 1.54) is 32.1 Å². The monoisotopic (exact) mass is 305 g/mol. The number of aromatic nitrogens is 1. The smallest absolute Gasteiger partial charge is 0.254 e. The summed E-state index contributed by atoms with van der Waals surface area (Å²) in [4.78, 5) is 17.8. The normalized spacial score (nSPS) is 17.0. The summed E-state index contributed by atoms with van der Waals surface area (Å²) in [5.74, 6) is 1.34. The van der Waals surface area contributed by atoms with Gasteiger partial charge in [0.05, 0.1) is 5.56 Å². The van der Waals surface area contributed by atoms with Gasteiger partial charge in [-0.2, -0.15) is 0 Å². The number of carbonyl (C=O) groups is 1. The maximum Gasteiger partial charge on any atom is 0.254 e. The van der Waals surface area contributed by atoms with Gasteiger partial charge < -0.3 is 15.3 Å². The Labute approximate surface area is 132 Å². The van der Waals surface area contributed by atoms with Crippen LogP contribution in [0.2, 0.25) is 0 Å². The molecule has 1 aromatic rings. The van der Waals surface area contributed by atoms with Crippen molar-refractivity contribution in [3.8, 4) is 0 Å². The van der Waals surface area contributed by atoms with Crippen molar-refractivity contribution in [2.45, 2.75) is 44.6 Å². The third-order valence-corrected chi connectivity index (χ3v) is 4.41. The summed E-state index contributed by atoms with van der Waals surface area (Å²) in [7, 11) is 3.46. The third kappa shape index (κ3) is 4.44. The zero-order chi connectivity index (χ0) is 15.9. The van der Waals surface area contributed by atoms with E-state index >= 15 is 0 Å². The Morgan fingerprint density at radius 2 is 2.09 bits per heavy atom. The predicted molar refractivity (Wildman–Crippen MR) is 87.9 cm³/mol. The van der Waals surface area contributed by atoms with Crippen LogP contribution in [-0.2, 0) is 0 Å². The second kappa shape index (κ2) is 8.13. The number of amides is 1. The second-order valence-corrected chi connectivity index (χ2v) is 6.29. The van der Waals surface area contributed by atoms with Crippen LogP contribution in [-0.4, -0.2) is 47.6 Å². The molecule has 1 aromatic heterocycles. The van der Waals surface area contributed by atoms with Crippen LogP contribution in [0.1, 0.15) is 48.9 Å². The van der Waals surface area contributed by atoms with Crippen LogP contribution in [0.4, 0.5) is 5.82 Å². The lowest BCUT2D eigenvalue weighted by Crippen LogP contribution is -2.32. The zero-order valence-corrected chi connectivity index (χ0v) is 13.6. The minimum atomic E-state index is -0.0433. The van der Waals surface area contributed by atoms with E-state index in [1.54, 1.807) is 31.3 Å². The van der Waals surface area contributed by atoms with Gasteiger partial charge in [-0.25, -0.2) is 4.98 Å². The van der Waals surface area contributed by atoms with Crippen molar-refractivity contribution in [3.63, 3.8) is 0 Å². The zero-order valence-electron chi connectivity index (χ0n) is 13.6. The van der Waals surface area contributed by atoms with E-state index in [0.29, 0.717) is 11.5 Å². The lowest BCUT2D eigenvalue weighted by molar-refractivity contribution is 0.0827. The summed E-state index contributed by atoms with van der Waals surface area (Å²) in [6.07, 6.45) is 8.66. The van der Waals surface area contributed by atoms with E-state index in [2.05, 4.69) is 10.3 Å². The highest BCUT2D eigenvalue weighted by Crippen LogP contribution is 2.29. The molecule has 2 N–H and O–H groups in total. The molecule has 2 rings (SSSR count). The maximum atomic E-state index is 11.9. The Hall–Kier alpha value is -1.62. The van der Waals surface area contributed by atoms with Crippen molar-refractivity contribution in [2.75, 3.05) is 26.0 Å².